The molecule has 0 aromatic rings. The van der Waals surface area contributed by atoms with Crippen LogP contribution in [0, 0.1) is 0 Å². The summed E-state index contributed by atoms with van der Waals surface area (Å²) in [6.07, 6.45) is -2.31. The highest BCUT2D eigenvalue weighted by Gasteiger charge is 2.37. The first-order valence-corrected chi connectivity index (χ1v) is 3.42. The highest BCUT2D eigenvalue weighted by molar-refractivity contribution is 5.83. The average molecular weight is 161 g/mol. The molecule has 5 nitrogen and oxygen atoms in total. The van der Waals surface area contributed by atoms with Gasteiger partial charge in [0.2, 0.25) is 0 Å². The van der Waals surface area contributed by atoms with Gasteiger partial charge < -0.3 is 20.2 Å². The fraction of sp³-hybridized carbons (Fsp3) is 0.833. The molecule has 3 N–H and O–H groups in total. The molecule has 0 bridgehead atoms. The smallest absolute Gasteiger partial charge is 0.254 e. The van der Waals surface area contributed by atoms with E-state index in [4.69, 9.17) is 15.3 Å². The van der Waals surface area contributed by atoms with Gasteiger partial charge in [-0.25, -0.2) is 0 Å². The van der Waals surface area contributed by atoms with E-state index in [0.717, 1.165) is 0 Å². The molecule has 0 radical (unpaired) electrons. The molecule has 0 aromatic carbocycles. The van der Waals surface area contributed by atoms with Crippen LogP contribution in [0.4, 0.5) is 0 Å². The molecule has 0 saturated carbocycles. The van der Waals surface area contributed by atoms with Crippen molar-refractivity contribution >= 4 is 5.91 Å². The van der Waals surface area contributed by atoms with E-state index >= 15 is 0 Å². The second kappa shape index (κ2) is 3.17. The molecule has 1 heterocycles. The summed E-state index contributed by atoms with van der Waals surface area (Å²) in [6.45, 7) is 0.138. The molecule has 1 rings (SSSR count). The van der Waals surface area contributed by atoms with Crippen LogP contribution in [0.2, 0.25) is 0 Å². The molecule has 5 heteroatoms. The van der Waals surface area contributed by atoms with Gasteiger partial charge in [-0.2, -0.15) is 0 Å². The predicted octanol–water partition coefficient (Wildman–Crippen LogP) is -2.46. The number of likely N-dealkylation sites (tertiary alicyclic amines) is 1. The molecule has 1 aliphatic heterocycles. The lowest BCUT2D eigenvalue weighted by Crippen LogP contribution is -2.31. The van der Waals surface area contributed by atoms with E-state index in [0.29, 0.717) is 0 Å². The first-order valence-electron chi connectivity index (χ1n) is 3.42. The number of hydrogen-bond acceptors (Lipinski definition) is 4. The lowest BCUT2D eigenvalue weighted by molar-refractivity contribution is -0.136. The summed E-state index contributed by atoms with van der Waals surface area (Å²) in [6, 6.07) is 0. The van der Waals surface area contributed by atoms with E-state index in [9.17, 15) is 4.79 Å². The SMILES string of the molecule is O=C1C(O)C(O)CN1CCO. The van der Waals surface area contributed by atoms with E-state index in [1.54, 1.807) is 0 Å². The third-order valence-corrected chi connectivity index (χ3v) is 1.71. The van der Waals surface area contributed by atoms with Gasteiger partial charge in [0.25, 0.3) is 5.91 Å². The highest BCUT2D eigenvalue weighted by atomic mass is 16.3. The van der Waals surface area contributed by atoms with E-state index < -0.39 is 18.1 Å². The summed E-state index contributed by atoms with van der Waals surface area (Å²) in [5, 5.41) is 26.4. The highest BCUT2D eigenvalue weighted by Crippen LogP contribution is 2.10. The zero-order chi connectivity index (χ0) is 8.43. The number of carbonyl (C=O) groups excluding carboxylic acids is 1. The third kappa shape index (κ3) is 1.50. The standard InChI is InChI=1S/C6H11NO4/c8-2-1-7-3-4(9)5(10)6(7)11/h4-5,8-10H,1-3H2. The molecule has 0 aromatic heterocycles. The van der Waals surface area contributed by atoms with Crippen molar-refractivity contribution in [1.82, 2.24) is 4.90 Å². The maximum atomic E-state index is 10.9. The van der Waals surface area contributed by atoms with Crippen LogP contribution in [0.1, 0.15) is 0 Å². The summed E-state index contributed by atoms with van der Waals surface area (Å²) in [5.74, 6) is -0.508. The van der Waals surface area contributed by atoms with Crippen molar-refractivity contribution in [3.63, 3.8) is 0 Å². The fourth-order valence-corrected chi connectivity index (χ4v) is 1.09. The van der Waals surface area contributed by atoms with Crippen molar-refractivity contribution in [2.24, 2.45) is 0 Å². The fourth-order valence-electron chi connectivity index (χ4n) is 1.09. The molecule has 0 spiro atoms. The summed E-state index contributed by atoms with van der Waals surface area (Å²) in [4.78, 5) is 12.1. The summed E-state index contributed by atoms with van der Waals surface area (Å²) < 4.78 is 0. The van der Waals surface area contributed by atoms with E-state index in [1.807, 2.05) is 0 Å². The summed E-state index contributed by atoms with van der Waals surface area (Å²) >= 11 is 0. The van der Waals surface area contributed by atoms with Crippen LogP contribution in [0.25, 0.3) is 0 Å². The molecule has 1 aliphatic rings. The number of hydrogen-bond donors (Lipinski definition) is 3. The Labute approximate surface area is 63.9 Å². The molecular formula is C6H11NO4. The van der Waals surface area contributed by atoms with Crippen LogP contribution in [0.15, 0.2) is 0 Å². The molecule has 11 heavy (non-hydrogen) atoms. The van der Waals surface area contributed by atoms with Gasteiger partial charge in [0.15, 0.2) is 6.10 Å². The minimum Gasteiger partial charge on any atom is -0.395 e. The molecule has 2 atom stereocenters. The number of aliphatic hydroxyl groups excluding tert-OH is 3. The van der Waals surface area contributed by atoms with Crippen molar-refractivity contribution in [2.75, 3.05) is 19.7 Å². The van der Waals surface area contributed by atoms with Crippen molar-refractivity contribution in [3.8, 4) is 0 Å². The van der Waals surface area contributed by atoms with Gasteiger partial charge in [-0.1, -0.05) is 0 Å². The Morgan fingerprint density at radius 2 is 2.18 bits per heavy atom. The lowest BCUT2D eigenvalue weighted by Gasteiger charge is -2.12. The normalized spacial score (nSPS) is 31.5. The van der Waals surface area contributed by atoms with Crippen LogP contribution in [0.5, 0.6) is 0 Å². The van der Waals surface area contributed by atoms with Gasteiger partial charge in [0, 0.05) is 13.1 Å². The second-order valence-electron chi connectivity index (χ2n) is 2.52. The Kier molecular flexibility index (Phi) is 2.43. The van der Waals surface area contributed by atoms with Gasteiger partial charge in [0.1, 0.15) is 6.10 Å². The topological polar surface area (TPSA) is 81.0 Å². The van der Waals surface area contributed by atoms with Gasteiger partial charge in [-0.15, -0.1) is 0 Å². The number of amides is 1. The van der Waals surface area contributed by atoms with Gasteiger partial charge in [0.05, 0.1) is 6.61 Å². The van der Waals surface area contributed by atoms with E-state index in [-0.39, 0.29) is 19.7 Å². The molecule has 1 fully saturated rings. The zero-order valence-corrected chi connectivity index (χ0v) is 5.97. The maximum Gasteiger partial charge on any atom is 0.254 e. The minimum absolute atomic E-state index is 0.112. The Morgan fingerprint density at radius 3 is 2.55 bits per heavy atom. The van der Waals surface area contributed by atoms with Crippen molar-refractivity contribution in [1.29, 1.82) is 0 Å². The summed E-state index contributed by atoms with van der Waals surface area (Å²) in [5.41, 5.74) is 0. The quantitative estimate of drug-likeness (QED) is 0.419. The molecule has 1 saturated heterocycles. The van der Waals surface area contributed by atoms with Gasteiger partial charge >= 0.3 is 0 Å². The van der Waals surface area contributed by atoms with Crippen molar-refractivity contribution in [2.45, 2.75) is 12.2 Å². The van der Waals surface area contributed by atoms with E-state index in [1.165, 1.54) is 4.90 Å². The minimum atomic E-state index is -1.30. The Morgan fingerprint density at radius 1 is 1.55 bits per heavy atom. The van der Waals surface area contributed by atoms with Crippen LogP contribution in [-0.2, 0) is 4.79 Å². The molecule has 2 unspecified atom stereocenters. The van der Waals surface area contributed by atoms with Gasteiger partial charge in [-0.05, 0) is 0 Å². The average Bonchev–Trinajstić information content (AvgIpc) is 2.19. The van der Waals surface area contributed by atoms with Crippen molar-refractivity contribution < 1.29 is 20.1 Å². The Balaban J connectivity index is 2.52. The Hall–Kier alpha value is -0.650. The lowest BCUT2D eigenvalue weighted by atomic mass is 10.3. The first-order chi connectivity index (χ1) is 5.16. The molecule has 1 amide bonds. The molecular weight excluding hydrogens is 150 g/mol. The third-order valence-electron chi connectivity index (χ3n) is 1.71. The molecule has 0 aliphatic carbocycles. The van der Waals surface area contributed by atoms with E-state index in [2.05, 4.69) is 0 Å². The zero-order valence-electron chi connectivity index (χ0n) is 5.97. The predicted molar refractivity (Wildman–Crippen MR) is 35.7 cm³/mol. The number of nitrogens with zero attached hydrogens (tertiary/aromatic N) is 1. The number of aliphatic hydroxyl groups is 3. The van der Waals surface area contributed by atoms with Crippen LogP contribution in [-0.4, -0.2) is 58.0 Å². The van der Waals surface area contributed by atoms with Crippen LogP contribution < -0.4 is 0 Å². The summed E-state index contributed by atoms with van der Waals surface area (Å²) in [7, 11) is 0. The Bertz CT molecular complexity index is 161. The number of carbonyl (C=O) groups is 1. The molecule has 64 valence electrons. The monoisotopic (exact) mass is 161 g/mol. The second-order valence-corrected chi connectivity index (χ2v) is 2.52. The van der Waals surface area contributed by atoms with Crippen LogP contribution >= 0.6 is 0 Å². The first kappa shape index (κ1) is 8.45. The van der Waals surface area contributed by atoms with Crippen molar-refractivity contribution in [3.05, 3.63) is 0 Å². The largest absolute Gasteiger partial charge is 0.395 e. The number of β-amino-alcohol motifs (C(OH)–C–C–N with tert-alkyl or cyclic N) is 2. The maximum absolute atomic E-state index is 10.9. The van der Waals surface area contributed by atoms with Gasteiger partial charge in [-0.3, -0.25) is 4.79 Å². The van der Waals surface area contributed by atoms with Crippen LogP contribution in [0.3, 0.4) is 0 Å². The number of rotatable bonds is 2.